The maximum Gasteiger partial charge on any atom is 0.329 e. The molecule has 1 atom stereocenters. The van der Waals surface area contributed by atoms with Gasteiger partial charge in [0.05, 0.1) is 7.11 Å². The molecule has 3 rings (SSSR count). The fourth-order valence-corrected chi connectivity index (χ4v) is 3.07. The monoisotopic (exact) mass is 409 g/mol. The van der Waals surface area contributed by atoms with Gasteiger partial charge in [-0.3, -0.25) is 9.59 Å². The Balaban J connectivity index is 1.60. The third kappa shape index (κ3) is 5.38. The number of fused-ring (bicyclic) bond motifs is 1. The molecule has 30 heavy (non-hydrogen) atoms. The van der Waals surface area contributed by atoms with E-state index < -0.39 is 24.5 Å². The third-order valence-corrected chi connectivity index (χ3v) is 4.48. The van der Waals surface area contributed by atoms with Crippen molar-refractivity contribution in [2.45, 2.75) is 19.4 Å². The molecule has 8 nitrogen and oxygen atoms in total. The normalized spacial score (nSPS) is 11.5. The summed E-state index contributed by atoms with van der Waals surface area (Å²) in [6.07, 6.45) is 2.03. The number of hydrogen-bond acceptors (Lipinski definition) is 5. The van der Waals surface area contributed by atoms with Gasteiger partial charge >= 0.3 is 5.97 Å². The van der Waals surface area contributed by atoms with Gasteiger partial charge in [-0.05, 0) is 35.9 Å². The summed E-state index contributed by atoms with van der Waals surface area (Å²) in [6, 6.07) is 13.5. The molecule has 0 aliphatic carbocycles. The first-order chi connectivity index (χ1) is 14.5. The predicted molar refractivity (Wildman–Crippen MR) is 112 cm³/mol. The van der Waals surface area contributed by atoms with Crippen molar-refractivity contribution >= 4 is 34.4 Å². The number of H-pyrrole nitrogens is 1. The molecule has 0 radical (unpaired) electrons. The number of para-hydroxylation sites is 1. The van der Waals surface area contributed by atoms with Crippen molar-refractivity contribution in [3.63, 3.8) is 0 Å². The van der Waals surface area contributed by atoms with E-state index in [1.165, 1.54) is 6.92 Å². The van der Waals surface area contributed by atoms with Gasteiger partial charge in [-0.15, -0.1) is 0 Å². The molecule has 3 N–H and O–H groups in total. The van der Waals surface area contributed by atoms with Gasteiger partial charge in [-0.25, -0.2) is 4.79 Å². The van der Waals surface area contributed by atoms with Gasteiger partial charge in [0.15, 0.2) is 6.61 Å². The number of benzene rings is 2. The summed E-state index contributed by atoms with van der Waals surface area (Å²) in [5.74, 6) is -0.864. The highest BCUT2D eigenvalue weighted by atomic mass is 16.5. The van der Waals surface area contributed by atoms with Gasteiger partial charge < -0.3 is 25.1 Å². The van der Waals surface area contributed by atoms with Gasteiger partial charge in [-0.2, -0.15) is 0 Å². The lowest BCUT2D eigenvalue weighted by Gasteiger charge is -2.16. The Bertz CT molecular complexity index is 1040. The van der Waals surface area contributed by atoms with Crippen LogP contribution in [0.2, 0.25) is 0 Å². The maximum absolute atomic E-state index is 12.5. The van der Waals surface area contributed by atoms with Crippen LogP contribution in [0.3, 0.4) is 0 Å². The number of carbonyl (C=O) groups is 3. The summed E-state index contributed by atoms with van der Waals surface area (Å²) >= 11 is 0. The van der Waals surface area contributed by atoms with Crippen LogP contribution in [0.25, 0.3) is 10.9 Å². The van der Waals surface area contributed by atoms with Crippen LogP contribution in [-0.4, -0.2) is 42.5 Å². The molecule has 3 aromatic rings. The number of anilines is 1. The van der Waals surface area contributed by atoms with E-state index in [9.17, 15) is 14.4 Å². The van der Waals surface area contributed by atoms with Crippen LogP contribution in [-0.2, 0) is 25.5 Å². The number of rotatable bonds is 8. The molecule has 156 valence electrons. The quantitative estimate of drug-likeness (QED) is 0.495. The summed E-state index contributed by atoms with van der Waals surface area (Å²) < 4.78 is 10.2. The summed E-state index contributed by atoms with van der Waals surface area (Å²) in [6.45, 7) is 0.862. The van der Waals surface area contributed by atoms with Crippen LogP contribution in [0.1, 0.15) is 12.5 Å². The third-order valence-electron chi connectivity index (χ3n) is 4.48. The number of ether oxygens (including phenoxy) is 2. The Morgan fingerprint density at radius 1 is 1.07 bits per heavy atom. The molecule has 0 aliphatic rings. The lowest BCUT2D eigenvalue weighted by molar-refractivity contribution is -0.150. The molecule has 0 bridgehead atoms. The van der Waals surface area contributed by atoms with Gasteiger partial charge in [0.1, 0.15) is 11.8 Å². The molecule has 0 aliphatic heterocycles. The minimum atomic E-state index is -0.907. The van der Waals surface area contributed by atoms with Crippen molar-refractivity contribution < 1.29 is 23.9 Å². The minimum absolute atomic E-state index is 0.239. The topological polar surface area (TPSA) is 110 Å². The van der Waals surface area contributed by atoms with Crippen molar-refractivity contribution in [1.82, 2.24) is 10.3 Å². The van der Waals surface area contributed by atoms with E-state index >= 15 is 0 Å². The van der Waals surface area contributed by atoms with E-state index in [4.69, 9.17) is 9.47 Å². The van der Waals surface area contributed by atoms with Crippen LogP contribution >= 0.6 is 0 Å². The molecule has 0 spiro atoms. The summed E-state index contributed by atoms with van der Waals surface area (Å²) in [4.78, 5) is 39.3. The Morgan fingerprint density at radius 3 is 2.50 bits per heavy atom. The first-order valence-electron chi connectivity index (χ1n) is 9.39. The summed E-state index contributed by atoms with van der Waals surface area (Å²) in [5.41, 5.74) is 2.35. The van der Waals surface area contributed by atoms with E-state index in [1.807, 2.05) is 24.3 Å². The smallest absolute Gasteiger partial charge is 0.329 e. The van der Waals surface area contributed by atoms with Gasteiger partial charge in [0, 0.05) is 36.1 Å². The molecule has 1 heterocycles. The highest BCUT2D eigenvalue weighted by Gasteiger charge is 2.23. The molecule has 0 unspecified atom stereocenters. The van der Waals surface area contributed by atoms with Crippen molar-refractivity contribution in [2.75, 3.05) is 19.0 Å². The number of esters is 1. The zero-order valence-corrected chi connectivity index (χ0v) is 16.7. The molecule has 1 aromatic heterocycles. The van der Waals surface area contributed by atoms with E-state index in [1.54, 1.807) is 37.6 Å². The van der Waals surface area contributed by atoms with Crippen LogP contribution in [0, 0.1) is 0 Å². The number of aromatic nitrogens is 1. The SMILES string of the molecule is COc1ccc(NC(=O)COC(=O)[C@H](Cc2c[nH]c3ccccc23)NC(C)=O)cc1. The second-order valence-corrected chi connectivity index (χ2v) is 6.70. The summed E-state index contributed by atoms with van der Waals surface area (Å²) in [5, 5.41) is 6.19. The summed E-state index contributed by atoms with van der Waals surface area (Å²) in [7, 11) is 1.55. The van der Waals surface area contributed by atoms with Crippen LogP contribution in [0.15, 0.2) is 54.7 Å². The molecular weight excluding hydrogens is 386 g/mol. The highest BCUT2D eigenvalue weighted by Crippen LogP contribution is 2.19. The molecule has 0 fully saturated rings. The van der Waals surface area contributed by atoms with Crippen LogP contribution in [0.4, 0.5) is 5.69 Å². The average molecular weight is 409 g/mol. The average Bonchev–Trinajstić information content (AvgIpc) is 3.15. The first-order valence-corrected chi connectivity index (χ1v) is 9.39. The first kappa shape index (κ1) is 20.9. The molecule has 2 amide bonds. The number of carbonyl (C=O) groups excluding carboxylic acids is 3. The number of nitrogens with one attached hydrogen (secondary N) is 3. The predicted octanol–water partition coefficient (Wildman–Crippen LogP) is 2.41. The molecule has 0 saturated heterocycles. The lowest BCUT2D eigenvalue weighted by atomic mass is 10.0. The second kappa shape index (κ2) is 9.60. The lowest BCUT2D eigenvalue weighted by Crippen LogP contribution is -2.43. The van der Waals surface area contributed by atoms with E-state index in [-0.39, 0.29) is 12.3 Å². The standard InChI is InChI=1S/C22H23N3O5/c1-14(26)24-20(11-15-12-23-19-6-4-3-5-18(15)19)22(28)30-13-21(27)25-16-7-9-17(29-2)10-8-16/h3-10,12,20,23H,11,13H2,1-2H3,(H,24,26)(H,25,27)/t20-/m0/s1. The minimum Gasteiger partial charge on any atom is -0.497 e. The fourth-order valence-electron chi connectivity index (χ4n) is 3.07. The fraction of sp³-hybridized carbons (Fsp3) is 0.227. The van der Waals surface area contributed by atoms with E-state index in [0.29, 0.717) is 11.4 Å². The van der Waals surface area contributed by atoms with E-state index in [2.05, 4.69) is 15.6 Å². The van der Waals surface area contributed by atoms with E-state index in [0.717, 1.165) is 16.5 Å². The largest absolute Gasteiger partial charge is 0.497 e. The Kier molecular flexibility index (Phi) is 6.69. The maximum atomic E-state index is 12.5. The Morgan fingerprint density at radius 2 is 1.80 bits per heavy atom. The second-order valence-electron chi connectivity index (χ2n) is 6.70. The van der Waals surface area contributed by atoms with Crippen molar-refractivity contribution in [2.24, 2.45) is 0 Å². The number of amides is 2. The molecule has 0 saturated carbocycles. The molecule has 8 heteroatoms. The van der Waals surface area contributed by atoms with Gasteiger partial charge in [-0.1, -0.05) is 18.2 Å². The van der Waals surface area contributed by atoms with Crippen molar-refractivity contribution in [1.29, 1.82) is 0 Å². The van der Waals surface area contributed by atoms with Gasteiger partial charge in [0.25, 0.3) is 5.91 Å². The molecular formula is C22H23N3O5. The van der Waals surface area contributed by atoms with Gasteiger partial charge in [0.2, 0.25) is 5.91 Å². The number of hydrogen-bond donors (Lipinski definition) is 3. The zero-order valence-electron chi connectivity index (χ0n) is 16.7. The zero-order chi connectivity index (χ0) is 21.5. The Hall–Kier alpha value is -3.81. The number of aromatic amines is 1. The van der Waals surface area contributed by atoms with Crippen molar-refractivity contribution in [3.8, 4) is 5.75 Å². The highest BCUT2D eigenvalue weighted by molar-refractivity contribution is 5.93. The molecule has 2 aromatic carbocycles. The van der Waals surface area contributed by atoms with Crippen LogP contribution < -0.4 is 15.4 Å². The Labute approximate surface area is 173 Å². The van der Waals surface area contributed by atoms with Crippen molar-refractivity contribution in [3.05, 3.63) is 60.3 Å². The number of methoxy groups -OCH3 is 1. The van der Waals surface area contributed by atoms with Crippen LogP contribution in [0.5, 0.6) is 5.75 Å².